The van der Waals surface area contributed by atoms with Crippen molar-refractivity contribution in [1.82, 2.24) is 16.0 Å². The number of carbonyl (C=O) groups excluding carboxylic acids is 7. The fourth-order valence-corrected chi connectivity index (χ4v) is 9.45. The number of methoxy groups -OCH3 is 4. The first kappa shape index (κ1) is 71.3. The number of hydrogen-bond donors (Lipinski definition) is 13. The zero-order valence-electron chi connectivity index (χ0n) is 51.5. The zero-order valence-corrected chi connectivity index (χ0v) is 51.5. The number of aromatic carboxylic acids is 1. The van der Waals surface area contributed by atoms with Crippen LogP contribution < -0.4 is 84.8 Å². The number of aliphatic imine (C=N–C) groups is 1. The summed E-state index contributed by atoms with van der Waals surface area (Å²) in [6.07, 6.45) is 5.77. The predicted molar refractivity (Wildman–Crippen MR) is 345 cm³/mol. The van der Waals surface area contributed by atoms with Gasteiger partial charge >= 0.3 is 5.97 Å². The molecule has 0 aliphatic rings. The number of nitrogens with two attached hydrogens (primary N) is 5. The van der Waals surface area contributed by atoms with Gasteiger partial charge in [0.05, 0.1) is 61.9 Å². The van der Waals surface area contributed by atoms with Crippen LogP contribution in [0.1, 0.15) is 136 Å². The minimum atomic E-state index is -1.18. The molecule has 0 unspecified atom stereocenters. The highest BCUT2D eigenvalue weighted by Gasteiger charge is 2.29. The Morgan fingerprint density at radius 1 is 0.433 bits per heavy atom. The Bertz CT molecular complexity index is 3320. The second kappa shape index (κ2) is 36.7. The van der Waals surface area contributed by atoms with Crippen molar-refractivity contribution in [3.8, 4) is 23.0 Å². The molecule has 0 aromatic heterocycles. The number of carboxylic acid groups (broad SMARTS) is 1. The Kier molecular flexibility index (Phi) is 29.1. The number of amides is 7. The van der Waals surface area contributed by atoms with E-state index in [0.29, 0.717) is 82.5 Å². The summed E-state index contributed by atoms with van der Waals surface area (Å²) in [4.78, 5) is 115. The van der Waals surface area contributed by atoms with E-state index in [4.69, 9.17) is 47.6 Å². The van der Waals surface area contributed by atoms with Crippen molar-refractivity contribution < 1.29 is 62.4 Å². The molecule has 0 fully saturated rings. The molecule has 5 aromatic rings. The topological polar surface area (TPSA) is 420 Å². The van der Waals surface area contributed by atoms with Gasteiger partial charge in [0.25, 0.3) is 23.6 Å². The van der Waals surface area contributed by atoms with Crippen LogP contribution >= 0.6 is 0 Å². The molecule has 0 spiro atoms. The van der Waals surface area contributed by atoms with E-state index in [1.807, 2.05) is 6.92 Å². The van der Waals surface area contributed by atoms with Gasteiger partial charge in [-0.15, -0.1) is 0 Å². The summed E-state index contributed by atoms with van der Waals surface area (Å²) in [6.45, 7) is 3.34. The van der Waals surface area contributed by atoms with E-state index >= 15 is 0 Å². The fraction of sp³-hybridized carbons (Fsp3) is 0.391. The Morgan fingerprint density at radius 2 is 0.778 bits per heavy atom. The summed E-state index contributed by atoms with van der Waals surface area (Å²) in [5, 5.41) is 28.9. The van der Waals surface area contributed by atoms with Gasteiger partial charge in [-0.05, 0) is 195 Å². The number of anilines is 4. The first-order valence-corrected chi connectivity index (χ1v) is 29.6. The van der Waals surface area contributed by atoms with Crippen molar-refractivity contribution in [2.45, 2.75) is 108 Å². The highest BCUT2D eigenvalue weighted by molar-refractivity contribution is 6.09. The molecule has 0 saturated heterocycles. The van der Waals surface area contributed by atoms with Crippen LogP contribution in [0.3, 0.4) is 0 Å². The van der Waals surface area contributed by atoms with Gasteiger partial charge in [-0.3, -0.25) is 38.6 Å². The van der Waals surface area contributed by atoms with Gasteiger partial charge < -0.3 is 89.9 Å². The fourth-order valence-electron chi connectivity index (χ4n) is 9.45. The highest BCUT2D eigenvalue weighted by Crippen LogP contribution is 2.29. The minimum Gasteiger partial charge on any atom is -0.496 e. The molecule has 5 aromatic carbocycles. The van der Waals surface area contributed by atoms with E-state index in [0.717, 1.165) is 12.8 Å². The third-order valence-corrected chi connectivity index (χ3v) is 14.4. The number of rotatable bonds is 37. The van der Waals surface area contributed by atoms with E-state index in [1.54, 1.807) is 18.2 Å². The van der Waals surface area contributed by atoms with Crippen molar-refractivity contribution in [3.63, 3.8) is 0 Å². The van der Waals surface area contributed by atoms with Crippen LogP contribution in [0.4, 0.5) is 28.4 Å². The van der Waals surface area contributed by atoms with Gasteiger partial charge in [0.1, 0.15) is 41.1 Å². The van der Waals surface area contributed by atoms with Crippen LogP contribution in [-0.2, 0) is 14.4 Å². The van der Waals surface area contributed by atoms with Gasteiger partial charge in [-0.1, -0.05) is 12.5 Å². The van der Waals surface area contributed by atoms with Crippen molar-refractivity contribution in [2.24, 2.45) is 33.7 Å². The lowest BCUT2D eigenvalue weighted by molar-refractivity contribution is -0.118. The number of hydrogen-bond acceptors (Lipinski definition) is 18. The van der Waals surface area contributed by atoms with E-state index in [9.17, 15) is 43.5 Å². The van der Waals surface area contributed by atoms with E-state index < -0.39 is 65.4 Å². The molecule has 5 rings (SSSR count). The molecule has 0 heterocycles. The van der Waals surface area contributed by atoms with Crippen molar-refractivity contribution >= 4 is 81.5 Å². The standard InChI is InChI=1S/C64H85N13O13/c1-38(49(69)17-6-10-29-65)70-41-21-25-54(88-3)46(34-41)58(79)75-50(18-7-11-30-66)62(83)73-43-23-27-56(90-5)48(36-43)60(81)77-52(20-9-13-32-68)63(84)74-44-24-28-55(89-4)47(37-44)59(80)76-51(19-8-12-31-67)61(82)72-42-22-26-53(87-2)45(35-42)57(78)71-40-16-14-15-39(33-40)64(85)86/h14-16,21-28,33-37,49-52H,6-13,17-20,29-32,65-69H2,1-5H3,(H,71,78)(H,72,82)(H,73,83)(H,74,84)(H,75,79)(H,76,80)(H,77,81)(H,85,86)/t49-,50-,51-,52-/m0/s1. The molecule has 7 amide bonds. The van der Waals surface area contributed by atoms with Crippen LogP contribution in [0.15, 0.2) is 102 Å². The Balaban J connectivity index is 1.34. The molecule has 484 valence electrons. The maximum atomic E-state index is 14.3. The molecule has 0 saturated carbocycles. The van der Waals surface area contributed by atoms with Crippen LogP contribution in [0.25, 0.3) is 0 Å². The summed E-state index contributed by atoms with van der Waals surface area (Å²) >= 11 is 0. The van der Waals surface area contributed by atoms with Gasteiger partial charge in [0, 0.05) is 34.5 Å². The third-order valence-electron chi connectivity index (χ3n) is 14.4. The molecule has 90 heavy (non-hydrogen) atoms. The number of carbonyl (C=O) groups is 8. The number of carboxylic acids is 1. The Labute approximate surface area is 523 Å². The summed E-state index contributed by atoms with van der Waals surface area (Å²) in [7, 11) is 5.47. The van der Waals surface area contributed by atoms with Crippen LogP contribution in [0.2, 0.25) is 0 Å². The van der Waals surface area contributed by atoms with E-state index in [1.165, 1.54) is 107 Å². The van der Waals surface area contributed by atoms with E-state index in [-0.39, 0.29) is 98.9 Å². The predicted octanol–water partition coefficient (Wildman–Crippen LogP) is 5.82. The number of nitrogens with zero attached hydrogens (tertiary/aromatic N) is 1. The molecule has 0 radical (unpaired) electrons. The second-order valence-electron chi connectivity index (χ2n) is 21.0. The minimum absolute atomic E-state index is 0.0123. The van der Waals surface area contributed by atoms with Gasteiger partial charge in [0.15, 0.2) is 0 Å². The normalized spacial score (nSPS) is 12.4. The summed E-state index contributed by atoms with van der Waals surface area (Å²) < 4.78 is 22.1. The van der Waals surface area contributed by atoms with Crippen molar-refractivity contribution in [3.05, 3.63) is 125 Å². The smallest absolute Gasteiger partial charge is 0.335 e. The quantitative estimate of drug-likeness (QED) is 0.0164. The average Bonchev–Trinajstić information content (AvgIpc) is 1.49. The Hall–Kier alpha value is -9.47. The molecular weight excluding hydrogens is 1160 g/mol. The maximum Gasteiger partial charge on any atom is 0.335 e. The second-order valence-corrected chi connectivity index (χ2v) is 21.0. The SMILES string of the molecule is COc1ccc(NC(=O)[C@H](CCCCN)NC(=O)c2cc(NC(=O)[C@H](CCCCN)NC(=O)c3cc(NC(=O)[C@H](CCCCN)NC(=O)c4cc(N=C(C)[C@@H](N)CCCCN)ccc4OC)ccc3OC)ccc2OC)cc1C(=O)Nc1cccc(C(=O)O)c1. The molecule has 0 bridgehead atoms. The average molecular weight is 1240 g/mol. The highest BCUT2D eigenvalue weighted by atomic mass is 16.5. The Morgan fingerprint density at radius 3 is 1.14 bits per heavy atom. The van der Waals surface area contributed by atoms with Gasteiger partial charge in [0.2, 0.25) is 17.7 Å². The molecule has 0 aliphatic heterocycles. The zero-order chi connectivity index (χ0) is 65.7. The molecular formula is C64H85N13O13. The number of ether oxygens (including phenoxy) is 4. The summed E-state index contributed by atoms with van der Waals surface area (Å²) in [6, 6.07) is 19.8. The largest absolute Gasteiger partial charge is 0.496 e. The van der Waals surface area contributed by atoms with Crippen LogP contribution in [0.5, 0.6) is 23.0 Å². The first-order chi connectivity index (χ1) is 43.3. The lowest BCUT2D eigenvalue weighted by Gasteiger charge is -2.22. The summed E-state index contributed by atoms with van der Waals surface area (Å²) in [5.41, 5.74) is 31.3. The molecule has 4 atom stereocenters. The van der Waals surface area contributed by atoms with Gasteiger partial charge in [-0.25, -0.2) is 4.79 Å². The first-order valence-electron chi connectivity index (χ1n) is 29.6. The van der Waals surface area contributed by atoms with E-state index in [2.05, 4.69) is 42.2 Å². The van der Waals surface area contributed by atoms with Crippen LogP contribution in [0, 0.1) is 0 Å². The van der Waals surface area contributed by atoms with Gasteiger partial charge in [-0.2, -0.15) is 0 Å². The molecule has 26 heteroatoms. The number of unbranched alkanes of at least 4 members (excludes halogenated alkanes) is 4. The maximum absolute atomic E-state index is 14.3. The third kappa shape index (κ3) is 21.4. The monoisotopic (exact) mass is 1240 g/mol. The number of nitrogens with one attached hydrogen (secondary N) is 7. The van der Waals surface area contributed by atoms with Crippen molar-refractivity contribution in [1.29, 1.82) is 0 Å². The lowest BCUT2D eigenvalue weighted by atomic mass is 10.0. The summed E-state index contributed by atoms with van der Waals surface area (Å²) in [5.74, 6) is -5.23. The lowest BCUT2D eigenvalue weighted by Crippen LogP contribution is -2.44. The molecule has 0 aliphatic carbocycles. The number of benzene rings is 5. The molecule has 26 nitrogen and oxygen atoms in total. The molecule has 18 N–H and O–H groups in total. The van der Waals surface area contributed by atoms with Crippen molar-refractivity contribution in [2.75, 3.05) is 75.9 Å². The van der Waals surface area contributed by atoms with Crippen LogP contribution in [-0.4, -0.2) is 137 Å².